The van der Waals surface area contributed by atoms with E-state index in [0.29, 0.717) is 6.20 Å². The highest BCUT2D eigenvalue weighted by Gasteiger charge is 2.34. The van der Waals surface area contributed by atoms with E-state index in [2.05, 4.69) is 25.7 Å². The summed E-state index contributed by atoms with van der Waals surface area (Å²) in [6.45, 7) is 0. The Bertz CT molecular complexity index is 548. The average molecular weight is 356 g/mol. The van der Waals surface area contributed by atoms with Gasteiger partial charge in [-0.1, -0.05) is 0 Å². The molecule has 17 heavy (non-hydrogen) atoms. The Hall–Kier alpha value is -0.740. The van der Waals surface area contributed by atoms with Gasteiger partial charge in [0.15, 0.2) is 0 Å². The Balaban J connectivity index is 3.30. The molecule has 96 valence electrons. The predicted octanol–water partition coefficient (Wildman–Crippen LogP) is 2.25. The zero-order valence-electron chi connectivity index (χ0n) is 7.62. The van der Waals surface area contributed by atoms with Crippen molar-refractivity contribution in [3.63, 3.8) is 0 Å². The summed E-state index contributed by atoms with van der Waals surface area (Å²) >= 11 is 2.64. The number of hydrogen-bond donors (Lipinski definition) is 1. The second kappa shape index (κ2) is 4.50. The first-order valence-electron chi connectivity index (χ1n) is 3.67. The maximum atomic E-state index is 11.9. The highest BCUT2D eigenvalue weighted by atomic mass is 79.9. The van der Waals surface area contributed by atoms with Crippen LogP contribution in [0.4, 0.5) is 18.9 Å². The number of aromatic nitrogens is 1. The molecule has 2 N–H and O–H groups in total. The first kappa shape index (κ1) is 14.3. The summed E-state index contributed by atoms with van der Waals surface area (Å²) in [5.74, 6) is -0.904. The maximum Gasteiger partial charge on any atom is 0.574 e. The number of nitrogen functional groups attached to an aromatic ring is 1. The number of nitrogens with two attached hydrogens (primary N) is 1. The molecule has 11 heteroatoms. The Kier molecular flexibility index (Phi) is 3.79. The molecule has 0 spiro atoms. The summed E-state index contributed by atoms with van der Waals surface area (Å²) in [5, 5.41) is 0. The summed E-state index contributed by atoms with van der Waals surface area (Å²) in [6, 6.07) is 0. The van der Waals surface area contributed by atoms with E-state index in [-0.39, 0.29) is 0 Å². The molecule has 5 nitrogen and oxygen atoms in total. The monoisotopic (exact) mass is 354 g/mol. The molecule has 1 heterocycles. The van der Waals surface area contributed by atoms with Crippen LogP contribution in [0.2, 0.25) is 0 Å². The lowest BCUT2D eigenvalue weighted by Gasteiger charge is -2.11. The fraction of sp³-hybridized carbons (Fsp3) is 0.167. The van der Waals surface area contributed by atoms with Gasteiger partial charge >= 0.3 is 6.36 Å². The van der Waals surface area contributed by atoms with E-state index in [4.69, 9.17) is 16.4 Å². The zero-order valence-corrected chi connectivity index (χ0v) is 10.8. The van der Waals surface area contributed by atoms with Crippen molar-refractivity contribution < 1.29 is 26.3 Å². The van der Waals surface area contributed by atoms with Crippen LogP contribution in [0.25, 0.3) is 0 Å². The van der Waals surface area contributed by atoms with Crippen LogP contribution in [-0.4, -0.2) is 19.8 Å². The molecule has 1 aromatic heterocycles. The molecule has 0 bridgehead atoms. The van der Waals surface area contributed by atoms with Gasteiger partial charge in [-0.3, -0.25) is 0 Å². The van der Waals surface area contributed by atoms with Gasteiger partial charge in [-0.05, 0) is 15.9 Å². The quantitative estimate of drug-likeness (QED) is 0.823. The zero-order chi connectivity index (χ0) is 13.4. The molecule has 0 radical (unpaired) electrons. The van der Waals surface area contributed by atoms with Crippen LogP contribution in [-0.2, 0) is 9.05 Å². The van der Waals surface area contributed by atoms with Gasteiger partial charge in [0.1, 0.15) is 9.37 Å². The Morgan fingerprint density at radius 2 is 2.00 bits per heavy atom. The van der Waals surface area contributed by atoms with Gasteiger partial charge < -0.3 is 10.5 Å². The van der Waals surface area contributed by atoms with Gasteiger partial charge in [0, 0.05) is 10.7 Å². The number of alkyl halides is 3. The number of rotatable bonds is 2. The fourth-order valence-corrected chi connectivity index (χ4v) is 2.28. The van der Waals surface area contributed by atoms with Crippen molar-refractivity contribution in [2.45, 2.75) is 11.3 Å². The van der Waals surface area contributed by atoms with Crippen LogP contribution >= 0.6 is 26.6 Å². The maximum absolute atomic E-state index is 11.9. The highest BCUT2D eigenvalue weighted by Crippen LogP contribution is 2.36. The second-order valence-electron chi connectivity index (χ2n) is 2.64. The minimum absolute atomic E-state index is 0.448. The van der Waals surface area contributed by atoms with E-state index in [0.717, 1.165) is 0 Å². The SMILES string of the molecule is Nc1c(S(=O)(=O)Cl)cnc(OC(F)(F)F)c1Br. The molecule has 0 amide bonds. The Morgan fingerprint density at radius 1 is 1.47 bits per heavy atom. The number of nitrogens with zero attached hydrogens (tertiary/aromatic N) is 1. The van der Waals surface area contributed by atoms with E-state index in [1.54, 1.807) is 0 Å². The van der Waals surface area contributed by atoms with Gasteiger partial charge in [-0.25, -0.2) is 13.4 Å². The van der Waals surface area contributed by atoms with Crippen LogP contribution in [0.15, 0.2) is 15.6 Å². The van der Waals surface area contributed by atoms with Crippen molar-refractivity contribution in [3.8, 4) is 5.88 Å². The number of hydrogen-bond acceptors (Lipinski definition) is 5. The van der Waals surface area contributed by atoms with Gasteiger partial charge in [0.05, 0.1) is 11.9 Å². The molecule has 1 rings (SSSR count). The molecule has 0 unspecified atom stereocenters. The van der Waals surface area contributed by atoms with Gasteiger partial charge in [0.2, 0.25) is 5.88 Å². The number of anilines is 1. The molecule has 0 aliphatic carbocycles. The first-order chi connectivity index (χ1) is 7.52. The Labute approximate surface area is 106 Å². The summed E-state index contributed by atoms with van der Waals surface area (Å²) < 4.78 is 60.7. The summed E-state index contributed by atoms with van der Waals surface area (Å²) in [5.41, 5.74) is 4.77. The van der Waals surface area contributed by atoms with E-state index in [1.807, 2.05) is 0 Å². The minimum atomic E-state index is -4.97. The van der Waals surface area contributed by atoms with Crippen molar-refractivity contribution in [1.29, 1.82) is 0 Å². The van der Waals surface area contributed by atoms with Crippen molar-refractivity contribution in [1.82, 2.24) is 4.98 Å². The molecule has 0 fully saturated rings. The standard InChI is InChI=1S/C6H3BrClF3N2O3S/c7-3-4(12)2(17(8,14)15)1-13-5(3)16-6(9,10)11/h1H,(H2,12,13). The first-order valence-corrected chi connectivity index (χ1v) is 6.77. The third-order valence-electron chi connectivity index (χ3n) is 1.46. The van der Waals surface area contributed by atoms with Gasteiger partial charge in [-0.2, -0.15) is 0 Å². The molecule has 0 saturated heterocycles. The number of pyridine rings is 1. The Morgan fingerprint density at radius 3 is 2.41 bits per heavy atom. The van der Waals surface area contributed by atoms with Crippen LogP contribution < -0.4 is 10.5 Å². The third-order valence-corrected chi connectivity index (χ3v) is 3.58. The normalized spacial score (nSPS) is 12.5. The lowest BCUT2D eigenvalue weighted by atomic mass is 10.4. The van der Waals surface area contributed by atoms with Crippen LogP contribution in [0.5, 0.6) is 5.88 Å². The molecular weight excluding hydrogens is 352 g/mol. The van der Waals surface area contributed by atoms with E-state index >= 15 is 0 Å². The van der Waals surface area contributed by atoms with Crippen LogP contribution in [0.3, 0.4) is 0 Å². The molecule has 0 aromatic carbocycles. The van der Waals surface area contributed by atoms with Crippen molar-refractivity contribution >= 4 is 41.4 Å². The number of ether oxygens (including phenoxy) is 1. The lowest BCUT2D eigenvalue weighted by molar-refractivity contribution is -0.276. The second-order valence-corrected chi connectivity index (χ2v) is 5.97. The van der Waals surface area contributed by atoms with E-state index in [9.17, 15) is 21.6 Å². The summed E-state index contributed by atoms with van der Waals surface area (Å²) in [4.78, 5) is 2.55. The summed E-state index contributed by atoms with van der Waals surface area (Å²) in [7, 11) is 0.791. The largest absolute Gasteiger partial charge is 0.574 e. The third kappa shape index (κ3) is 3.61. The predicted molar refractivity (Wildman–Crippen MR) is 56.1 cm³/mol. The van der Waals surface area contributed by atoms with E-state index in [1.165, 1.54) is 0 Å². The van der Waals surface area contributed by atoms with Gasteiger partial charge in [-0.15, -0.1) is 13.2 Å². The molecular formula is C6H3BrClF3N2O3S. The van der Waals surface area contributed by atoms with Gasteiger partial charge in [0.25, 0.3) is 9.05 Å². The van der Waals surface area contributed by atoms with Crippen LogP contribution in [0, 0.1) is 0 Å². The fourth-order valence-electron chi connectivity index (χ4n) is 0.842. The van der Waals surface area contributed by atoms with Crippen LogP contribution in [0.1, 0.15) is 0 Å². The molecule has 1 aromatic rings. The topological polar surface area (TPSA) is 82.3 Å². The van der Waals surface area contributed by atoms with E-state index < -0.39 is 36.3 Å². The summed E-state index contributed by atoms with van der Waals surface area (Å²) in [6.07, 6.45) is -4.40. The lowest BCUT2D eigenvalue weighted by Crippen LogP contribution is -2.18. The highest BCUT2D eigenvalue weighted by molar-refractivity contribution is 9.10. The molecule has 0 aliphatic rings. The molecule has 0 atom stereocenters. The van der Waals surface area contributed by atoms with Crippen molar-refractivity contribution in [2.24, 2.45) is 0 Å². The minimum Gasteiger partial charge on any atom is -0.397 e. The molecule has 0 saturated carbocycles. The number of halogens is 5. The van der Waals surface area contributed by atoms with Crippen molar-refractivity contribution in [3.05, 3.63) is 10.7 Å². The van der Waals surface area contributed by atoms with Crippen molar-refractivity contribution in [2.75, 3.05) is 5.73 Å². The molecule has 0 aliphatic heterocycles. The smallest absolute Gasteiger partial charge is 0.397 e. The average Bonchev–Trinajstić information content (AvgIpc) is 2.08.